The molecule has 2 rings (SSSR count). The van der Waals surface area contributed by atoms with E-state index >= 15 is 0 Å². The summed E-state index contributed by atoms with van der Waals surface area (Å²) >= 11 is 0. The van der Waals surface area contributed by atoms with Gasteiger partial charge < -0.3 is 19.7 Å². The first-order chi connectivity index (χ1) is 4.29. The maximum Gasteiger partial charge on any atom is 0.186 e. The molecule has 0 amide bonds. The second-order valence-electron chi connectivity index (χ2n) is 2.36. The minimum absolute atomic E-state index is 0.301. The van der Waals surface area contributed by atoms with Gasteiger partial charge in [-0.2, -0.15) is 0 Å². The molecule has 2 fully saturated rings. The molecule has 2 saturated heterocycles. The predicted octanol–water partition coefficient (Wildman–Crippen LogP) is -1.54. The first-order valence-corrected chi connectivity index (χ1v) is 2.92. The SMILES string of the molecule is O[C@H]1[C@H]2COC(O2)[C@@H]1O. The Bertz CT molecular complexity index is 108. The lowest BCUT2D eigenvalue weighted by molar-refractivity contribution is -0.111. The minimum Gasteiger partial charge on any atom is -0.387 e. The van der Waals surface area contributed by atoms with Crippen molar-refractivity contribution in [3.8, 4) is 0 Å². The highest BCUT2D eigenvalue weighted by Gasteiger charge is 2.48. The van der Waals surface area contributed by atoms with Crippen LogP contribution in [0.4, 0.5) is 0 Å². The molecular weight excluding hydrogens is 124 g/mol. The molecule has 4 atom stereocenters. The van der Waals surface area contributed by atoms with Crippen molar-refractivity contribution in [2.75, 3.05) is 6.61 Å². The summed E-state index contributed by atoms with van der Waals surface area (Å²) in [5.74, 6) is 0. The zero-order valence-electron chi connectivity index (χ0n) is 4.73. The Kier molecular flexibility index (Phi) is 1.04. The molecule has 0 radical (unpaired) electrons. The first-order valence-electron chi connectivity index (χ1n) is 2.92. The van der Waals surface area contributed by atoms with Gasteiger partial charge in [0, 0.05) is 0 Å². The smallest absolute Gasteiger partial charge is 0.186 e. The van der Waals surface area contributed by atoms with Crippen LogP contribution in [0.1, 0.15) is 0 Å². The Hall–Kier alpha value is -0.160. The largest absolute Gasteiger partial charge is 0.387 e. The van der Waals surface area contributed by atoms with Crippen LogP contribution >= 0.6 is 0 Å². The van der Waals surface area contributed by atoms with Crippen LogP contribution in [0.15, 0.2) is 0 Å². The highest BCUT2D eigenvalue weighted by atomic mass is 16.7. The number of fused-ring (bicyclic) bond motifs is 2. The maximum atomic E-state index is 9.03. The van der Waals surface area contributed by atoms with E-state index in [1.165, 1.54) is 0 Å². The standard InChI is InChI=1S/C5H8O4/c6-3-2-1-8-5(9-2)4(3)7/h2-7H,1H2/t2-,3+,4-,5?/m1/s1. The van der Waals surface area contributed by atoms with E-state index in [1.807, 2.05) is 0 Å². The zero-order chi connectivity index (χ0) is 6.43. The van der Waals surface area contributed by atoms with Crippen LogP contribution in [0, 0.1) is 0 Å². The van der Waals surface area contributed by atoms with E-state index in [2.05, 4.69) is 0 Å². The molecule has 0 aromatic carbocycles. The molecule has 0 aromatic rings. The third kappa shape index (κ3) is 0.616. The van der Waals surface area contributed by atoms with Crippen LogP contribution in [0.3, 0.4) is 0 Å². The average Bonchev–Trinajstić information content (AvgIpc) is 2.37. The Morgan fingerprint density at radius 3 is 2.33 bits per heavy atom. The Morgan fingerprint density at radius 1 is 1.22 bits per heavy atom. The van der Waals surface area contributed by atoms with E-state index in [0.29, 0.717) is 6.61 Å². The van der Waals surface area contributed by atoms with Gasteiger partial charge >= 0.3 is 0 Å². The second kappa shape index (κ2) is 1.67. The molecule has 2 aliphatic rings. The van der Waals surface area contributed by atoms with Gasteiger partial charge in [0.2, 0.25) is 0 Å². The molecular formula is C5H8O4. The Balaban J connectivity index is 2.15. The Labute approximate surface area is 52.0 Å². The van der Waals surface area contributed by atoms with Gasteiger partial charge in [-0.3, -0.25) is 0 Å². The van der Waals surface area contributed by atoms with Crippen molar-refractivity contribution in [2.24, 2.45) is 0 Å². The van der Waals surface area contributed by atoms with Gasteiger partial charge in [0.1, 0.15) is 18.3 Å². The van der Waals surface area contributed by atoms with E-state index in [0.717, 1.165) is 0 Å². The van der Waals surface area contributed by atoms with Crippen molar-refractivity contribution in [3.05, 3.63) is 0 Å². The van der Waals surface area contributed by atoms with Gasteiger partial charge in [0.25, 0.3) is 0 Å². The zero-order valence-corrected chi connectivity index (χ0v) is 4.73. The number of aliphatic hydroxyl groups excluding tert-OH is 2. The fourth-order valence-electron chi connectivity index (χ4n) is 1.18. The number of rotatable bonds is 0. The quantitative estimate of drug-likeness (QED) is 0.419. The van der Waals surface area contributed by atoms with Gasteiger partial charge in [-0.25, -0.2) is 0 Å². The van der Waals surface area contributed by atoms with Crippen LogP contribution < -0.4 is 0 Å². The van der Waals surface area contributed by atoms with Gasteiger partial charge in [0.05, 0.1) is 6.61 Å². The van der Waals surface area contributed by atoms with Crippen molar-refractivity contribution < 1.29 is 19.7 Å². The highest BCUT2D eigenvalue weighted by molar-refractivity contribution is 4.90. The third-order valence-corrected chi connectivity index (χ3v) is 1.74. The normalized spacial score (nSPS) is 56.7. The molecule has 9 heavy (non-hydrogen) atoms. The van der Waals surface area contributed by atoms with Crippen LogP contribution in [0.25, 0.3) is 0 Å². The minimum atomic E-state index is -0.844. The van der Waals surface area contributed by atoms with E-state index in [9.17, 15) is 0 Å². The van der Waals surface area contributed by atoms with Crippen molar-refractivity contribution in [1.82, 2.24) is 0 Å². The molecule has 0 aliphatic carbocycles. The summed E-state index contributed by atoms with van der Waals surface area (Å²) in [6.45, 7) is 0.406. The molecule has 52 valence electrons. The van der Waals surface area contributed by atoms with Crippen LogP contribution in [-0.2, 0) is 9.47 Å². The summed E-state index contributed by atoms with van der Waals surface area (Å²) in [5, 5.41) is 18.0. The maximum absolute atomic E-state index is 9.03. The van der Waals surface area contributed by atoms with Crippen molar-refractivity contribution in [3.63, 3.8) is 0 Å². The molecule has 0 saturated carbocycles. The average molecular weight is 132 g/mol. The molecule has 2 aliphatic heterocycles. The molecule has 0 spiro atoms. The third-order valence-electron chi connectivity index (χ3n) is 1.74. The predicted molar refractivity (Wildman–Crippen MR) is 26.6 cm³/mol. The topological polar surface area (TPSA) is 58.9 Å². The number of hydrogen-bond donors (Lipinski definition) is 2. The summed E-state index contributed by atoms with van der Waals surface area (Å²) in [4.78, 5) is 0. The van der Waals surface area contributed by atoms with Gasteiger partial charge in [-0.1, -0.05) is 0 Å². The molecule has 2 bridgehead atoms. The van der Waals surface area contributed by atoms with Crippen LogP contribution in [0.5, 0.6) is 0 Å². The van der Waals surface area contributed by atoms with Crippen molar-refractivity contribution in [2.45, 2.75) is 24.6 Å². The molecule has 4 heteroatoms. The lowest BCUT2D eigenvalue weighted by Crippen LogP contribution is -2.39. The van der Waals surface area contributed by atoms with Crippen LogP contribution in [0.2, 0.25) is 0 Å². The first kappa shape index (κ1) is 5.61. The monoisotopic (exact) mass is 132 g/mol. The van der Waals surface area contributed by atoms with E-state index < -0.39 is 18.5 Å². The van der Waals surface area contributed by atoms with Crippen molar-refractivity contribution >= 4 is 0 Å². The highest BCUT2D eigenvalue weighted by Crippen LogP contribution is 2.28. The number of hydrogen-bond acceptors (Lipinski definition) is 4. The van der Waals surface area contributed by atoms with Gasteiger partial charge in [0.15, 0.2) is 6.29 Å². The van der Waals surface area contributed by atoms with Gasteiger partial charge in [-0.05, 0) is 0 Å². The summed E-state index contributed by atoms with van der Waals surface area (Å²) in [7, 11) is 0. The number of ether oxygens (including phenoxy) is 2. The lowest BCUT2D eigenvalue weighted by Gasteiger charge is -2.17. The van der Waals surface area contributed by atoms with E-state index in [1.54, 1.807) is 0 Å². The second-order valence-corrected chi connectivity index (χ2v) is 2.36. The lowest BCUT2D eigenvalue weighted by atomic mass is 10.1. The summed E-state index contributed by atoms with van der Waals surface area (Å²) in [6, 6.07) is 0. The fourth-order valence-corrected chi connectivity index (χ4v) is 1.18. The van der Waals surface area contributed by atoms with E-state index in [-0.39, 0.29) is 6.10 Å². The molecule has 4 nitrogen and oxygen atoms in total. The molecule has 1 unspecified atom stereocenters. The van der Waals surface area contributed by atoms with Crippen LogP contribution in [-0.4, -0.2) is 41.4 Å². The summed E-state index contributed by atoms with van der Waals surface area (Å²) in [5.41, 5.74) is 0. The number of aliphatic hydroxyl groups is 2. The Morgan fingerprint density at radius 2 is 2.00 bits per heavy atom. The summed E-state index contributed by atoms with van der Waals surface area (Å²) in [6.07, 6.45) is -2.47. The van der Waals surface area contributed by atoms with Gasteiger partial charge in [-0.15, -0.1) is 0 Å². The summed E-state index contributed by atoms with van der Waals surface area (Å²) < 4.78 is 9.88. The fraction of sp³-hybridized carbons (Fsp3) is 1.00. The van der Waals surface area contributed by atoms with E-state index in [4.69, 9.17) is 19.7 Å². The van der Waals surface area contributed by atoms with Crippen molar-refractivity contribution in [1.29, 1.82) is 0 Å². The molecule has 2 heterocycles. The molecule has 2 N–H and O–H groups in total. The molecule has 0 aromatic heterocycles.